The zero-order chi connectivity index (χ0) is 21.9. The van der Waals surface area contributed by atoms with Crippen LogP contribution in [0.1, 0.15) is 32.0 Å². The van der Waals surface area contributed by atoms with E-state index in [0.717, 1.165) is 40.2 Å². The van der Waals surface area contributed by atoms with E-state index < -0.39 is 0 Å². The molecule has 3 rings (SSSR count). The van der Waals surface area contributed by atoms with Crippen LogP contribution in [0.2, 0.25) is 0 Å². The maximum absolute atomic E-state index is 11.8. The average Bonchev–Trinajstić information content (AvgIpc) is 2.68. The standard InChI is InChI=1S/C23H28N6O/c1-7-18(30)27-17-10-8-9-14(2)19(17)28-22-24-12-16-11-15(3)26-21(20(16)29-22)25-13-23(4,5)6/h7-12H,1,13H2,2-6H3,(H,25,26)(H,27,30)(H,24,28,29). The number of benzene rings is 1. The van der Waals surface area contributed by atoms with Crippen LogP contribution < -0.4 is 16.0 Å². The van der Waals surface area contributed by atoms with Gasteiger partial charge in [0.1, 0.15) is 5.52 Å². The Labute approximate surface area is 177 Å². The number of rotatable bonds is 6. The van der Waals surface area contributed by atoms with Crippen molar-refractivity contribution in [3.63, 3.8) is 0 Å². The van der Waals surface area contributed by atoms with Crippen molar-refractivity contribution >= 4 is 40.0 Å². The van der Waals surface area contributed by atoms with Gasteiger partial charge in [-0.25, -0.2) is 15.0 Å². The molecule has 1 amide bonds. The molecule has 0 spiro atoms. The Kier molecular flexibility index (Phi) is 6.01. The molecule has 156 valence electrons. The summed E-state index contributed by atoms with van der Waals surface area (Å²) in [6.45, 7) is 14.7. The predicted molar refractivity (Wildman–Crippen MR) is 123 cm³/mol. The van der Waals surface area contributed by atoms with Gasteiger partial charge in [-0.2, -0.15) is 0 Å². The third kappa shape index (κ3) is 5.11. The van der Waals surface area contributed by atoms with Crippen molar-refractivity contribution in [1.29, 1.82) is 0 Å². The molecular weight excluding hydrogens is 376 g/mol. The fourth-order valence-corrected chi connectivity index (χ4v) is 2.94. The Bertz CT molecular complexity index is 1100. The van der Waals surface area contributed by atoms with Crippen molar-refractivity contribution in [2.45, 2.75) is 34.6 Å². The van der Waals surface area contributed by atoms with Crippen LogP contribution in [-0.2, 0) is 4.79 Å². The van der Waals surface area contributed by atoms with Gasteiger partial charge in [-0.3, -0.25) is 4.79 Å². The molecule has 0 aliphatic carbocycles. The molecule has 7 nitrogen and oxygen atoms in total. The van der Waals surface area contributed by atoms with Gasteiger partial charge in [0, 0.05) is 23.8 Å². The number of carbonyl (C=O) groups excluding carboxylic acids is 1. The summed E-state index contributed by atoms with van der Waals surface area (Å²) in [4.78, 5) is 25.6. The van der Waals surface area contributed by atoms with Gasteiger partial charge in [-0.05, 0) is 43.0 Å². The van der Waals surface area contributed by atoms with Gasteiger partial charge in [0.2, 0.25) is 11.9 Å². The number of para-hydroxylation sites is 1. The Morgan fingerprint density at radius 2 is 1.97 bits per heavy atom. The van der Waals surface area contributed by atoms with Crippen LogP contribution in [0.25, 0.3) is 10.9 Å². The molecule has 3 aromatic rings. The average molecular weight is 405 g/mol. The fraction of sp³-hybridized carbons (Fsp3) is 0.304. The number of aryl methyl sites for hydroxylation is 2. The zero-order valence-corrected chi connectivity index (χ0v) is 18.1. The maximum atomic E-state index is 11.8. The highest BCUT2D eigenvalue weighted by atomic mass is 16.1. The first-order valence-electron chi connectivity index (χ1n) is 9.84. The van der Waals surface area contributed by atoms with Gasteiger partial charge in [-0.1, -0.05) is 39.5 Å². The van der Waals surface area contributed by atoms with Gasteiger partial charge in [-0.15, -0.1) is 0 Å². The molecule has 0 radical (unpaired) electrons. The number of fused-ring (bicyclic) bond motifs is 1. The first-order chi connectivity index (χ1) is 14.2. The van der Waals surface area contributed by atoms with Crippen molar-refractivity contribution in [1.82, 2.24) is 15.0 Å². The van der Waals surface area contributed by atoms with E-state index in [1.54, 1.807) is 6.20 Å². The van der Waals surface area contributed by atoms with E-state index in [2.05, 4.69) is 53.3 Å². The molecule has 0 fully saturated rings. The number of nitrogens with zero attached hydrogens (tertiary/aromatic N) is 3. The first-order valence-corrected chi connectivity index (χ1v) is 9.84. The molecule has 30 heavy (non-hydrogen) atoms. The normalized spacial score (nSPS) is 11.2. The van der Waals surface area contributed by atoms with E-state index >= 15 is 0 Å². The topological polar surface area (TPSA) is 91.8 Å². The minimum absolute atomic E-state index is 0.102. The molecule has 0 aliphatic heterocycles. The number of hydrogen-bond donors (Lipinski definition) is 3. The molecule has 0 bridgehead atoms. The largest absolute Gasteiger partial charge is 0.368 e. The predicted octanol–water partition coefficient (Wildman–Crippen LogP) is 4.97. The van der Waals surface area contributed by atoms with Gasteiger partial charge >= 0.3 is 0 Å². The summed E-state index contributed by atoms with van der Waals surface area (Å²) in [7, 11) is 0. The highest BCUT2D eigenvalue weighted by Crippen LogP contribution is 2.29. The third-order valence-corrected chi connectivity index (χ3v) is 4.43. The number of carbonyl (C=O) groups is 1. The summed E-state index contributed by atoms with van der Waals surface area (Å²) < 4.78 is 0. The van der Waals surface area contributed by atoms with E-state index in [1.807, 2.05) is 38.1 Å². The summed E-state index contributed by atoms with van der Waals surface area (Å²) in [5.41, 5.74) is 4.07. The van der Waals surface area contributed by atoms with Gasteiger partial charge < -0.3 is 16.0 Å². The molecule has 2 aromatic heterocycles. The minimum atomic E-state index is -0.281. The lowest BCUT2D eigenvalue weighted by Gasteiger charge is -2.20. The Balaban J connectivity index is 1.99. The summed E-state index contributed by atoms with van der Waals surface area (Å²) in [5, 5.41) is 10.4. The van der Waals surface area contributed by atoms with Gasteiger partial charge in [0.05, 0.1) is 11.4 Å². The Morgan fingerprint density at radius 1 is 1.20 bits per heavy atom. The van der Waals surface area contributed by atoms with Crippen LogP contribution in [0.15, 0.2) is 43.1 Å². The quantitative estimate of drug-likeness (QED) is 0.503. The van der Waals surface area contributed by atoms with E-state index in [0.29, 0.717) is 11.6 Å². The molecule has 0 saturated carbocycles. The van der Waals surface area contributed by atoms with Crippen molar-refractivity contribution in [2.24, 2.45) is 5.41 Å². The fourth-order valence-electron chi connectivity index (χ4n) is 2.94. The highest BCUT2D eigenvalue weighted by molar-refractivity contribution is 6.01. The summed E-state index contributed by atoms with van der Waals surface area (Å²) in [5.74, 6) is 0.877. The number of anilines is 4. The Morgan fingerprint density at radius 3 is 2.67 bits per heavy atom. The second-order valence-corrected chi connectivity index (χ2v) is 8.47. The smallest absolute Gasteiger partial charge is 0.247 e. The molecule has 3 N–H and O–H groups in total. The van der Waals surface area contributed by atoms with E-state index in [4.69, 9.17) is 4.98 Å². The lowest BCUT2D eigenvalue weighted by atomic mass is 9.97. The van der Waals surface area contributed by atoms with E-state index in [-0.39, 0.29) is 11.3 Å². The molecule has 0 atom stereocenters. The van der Waals surface area contributed by atoms with E-state index in [1.165, 1.54) is 6.08 Å². The van der Waals surface area contributed by atoms with Crippen LogP contribution in [0.5, 0.6) is 0 Å². The van der Waals surface area contributed by atoms with E-state index in [9.17, 15) is 4.79 Å². The number of pyridine rings is 1. The monoisotopic (exact) mass is 404 g/mol. The van der Waals surface area contributed by atoms with Crippen LogP contribution in [0.3, 0.4) is 0 Å². The van der Waals surface area contributed by atoms with Crippen molar-refractivity contribution < 1.29 is 4.79 Å². The lowest BCUT2D eigenvalue weighted by Crippen LogP contribution is -2.20. The maximum Gasteiger partial charge on any atom is 0.247 e. The molecule has 7 heteroatoms. The molecule has 0 aliphatic rings. The molecule has 0 saturated heterocycles. The van der Waals surface area contributed by atoms with Crippen LogP contribution in [0.4, 0.5) is 23.1 Å². The second kappa shape index (κ2) is 8.49. The number of hydrogen-bond acceptors (Lipinski definition) is 6. The lowest BCUT2D eigenvalue weighted by molar-refractivity contribution is -0.111. The van der Waals surface area contributed by atoms with Crippen LogP contribution in [-0.4, -0.2) is 27.4 Å². The third-order valence-electron chi connectivity index (χ3n) is 4.43. The van der Waals surface area contributed by atoms with Crippen LogP contribution >= 0.6 is 0 Å². The highest BCUT2D eigenvalue weighted by Gasteiger charge is 2.14. The van der Waals surface area contributed by atoms with Crippen LogP contribution in [0, 0.1) is 19.3 Å². The number of aromatic nitrogens is 3. The molecule has 1 aromatic carbocycles. The van der Waals surface area contributed by atoms with Crippen molar-refractivity contribution in [3.8, 4) is 0 Å². The second-order valence-electron chi connectivity index (χ2n) is 8.47. The van der Waals surface area contributed by atoms with Gasteiger partial charge in [0.15, 0.2) is 5.82 Å². The van der Waals surface area contributed by atoms with Crippen molar-refractivity contribution in [3.05, 3.63) is 54.4 Å². The summed E-state index contributed by atoms with van der Waals surface area (Å²) >= 11 is 0. The molecular formula is C23H28N6O. The number of nitrogens with one attached hydrogen (secondary N) is 3. The first kappa shape index (κ1) is 21.2. The summed E-state index contributed by atoms with van der Waals surface area (Å²) in [6, 6.07) is 7.61. The molecule has 2 heterocycles. The Hall–Kier alpha value is -3.48. The summed E-state index contributed by atoms with van der Waals surface area (Å²) in [6.07, 6.45) is 3.02. The van der Waals surface area contributed by atoms with Gasteiger partial charge in [0.25, 0.3) is 0 Å². The SMILES string of the molecule is C=CC(=O)Nc1cccc(C)c1Nc1ncc2cc(C)nc(NCC(C)(C)C)c2n1. The minimum Gasteiger partial charge on any atom is -0.368 e. The van der Waals surface area contributed by atoms with Crippen molar-refractivity contribution in [2.75, 3.05) is 22.5 Å². The zero-order valence-electron chi connectivity index (χ0n) is 18.1. The molecule has 0 unspecified atom stereocenters. The number of amides is 1.